The van der Waals surface area contributed by atoms with Gasteiger partial charge in [-0.15, -0.1) is 0 Å². The Bertz CT molecular complexity index is 629. The summed E-state index contributed by atoms with van der Waals surface area (Å²) in [6.07, 6.45) is 0. The molecule has 0 spiro atoms. The highest BCUT2D eigenvalue weighted by molar-refractivity contribution is 5.99. The van der Waals surface area contributed by atoms with Crippen molar-refractivity contribution in [3.63, 3.8) is 0 Å². The van der Waals surface area contributed by atoms with Crippen molar-refractivity contribution in [3.8, 4) is 5.75 Å². The van der Waals surface area contributed by atoms with E-state index in [4.69, 9.17) is 10.5 Å². The number of halogens is 1. The van der Waals surface area contributed by atoms with Gasteiger partial charge >= 0.3 is 0 Å². The van der Waals surface area contributed by atoms with Gasteiger partial charge in [0.05, 0.1) is 12.7 Å². The molecule has 104 valence electrons. The predicted molar refractivity (Wildman–Crippen MR) is 75.0 cm³/mol. The van der Waals surface area contributed by atoms with Crippen LogP contribution in [0.15, 0.2) is 42.5 Å². The minimum absolute atomic E-state index is 0.119. The molecule has 0 aliphatic carbocycles. The molecule has 0 unspecified atom stereocenters. The molecule has 3 N–H and O–H groups in total. The van der Waals surface area contributed by atoms with Gasteiger partial charge in [0, 0.05) is 12.2 Å². The number of benzene rings is 2. The second-order valence-corrected chi connectivity index (χ2v) is 4.27. The largest absolute Gasteiger partial charge is 0.497 e. The summed E-state index contributed by atoms with van der Waals surface area (Å²) < 4.78 is 18.0. The third-order valence-electron chi connectivity index (χ3n) is 2.85. The minimum Gasteiger partial charge on any atom is -0.497 e. The first kappa shape index (κ1) is 13.9. The molecule has 2 aromatic carbocycles. The van der Waals surface area contributed by atoms with Gasteiger partial charge < -0.3 is 15.8 Å². The SMILES string of the molecule is COc1cccc(CNC(=O)c2ccc(F)cc2N)c1. The van der Waals surface area contributed by atoms with Crippen LogP contribution in [0, 0.1) is 5.82 Å². The normalized spacial score (nSPS) is 10.1. The Balaban J connectivity index is 2.04. The molecule has 5 heteroatoms. The summed E-state index contributed by atoms with van der Waals surface area (Å²) in [5.74, 6) is -0.0878. The smallest absolute Gasteiger partial charge is 0.253 e. The second kappa shape index (κ2) is 6.06. The van der Waals surface area contributed by atoms with E-state index in [-0.39, 0.29) is 17.2 Å². The van der Waals surface area contributed by atoms with Gasteiger partial charge in [-0.1, -0.05) is 12.1 Å². The lowest BCUT2D eigenvalue weighted by molar-refractivity contribution is 0.0951. The summed E-state index contributed by atoms with van der Waals surface area (Å²) in [6, 6.07) is 11.1. The number of hydrogen-bond donors (Lipinski definition) is 2. The highest BCUT2D eigenvalue weighted by Gasteiger charge is 2.10. The molecule has 0 bridgehead atoms. The number of carbonyl (C=O) groups is 1. The van der Waals surface area contributed by atoms with Crippen LogP contribution >= 0.6 is 0 Å². The number of rotatable bonds is 4. The summed E-state index contributed by atoms with van der Waals surface area (Å²) in [5, 5.41) is 2.73. The first-order chi connectivity index (χ1) is 9.60. The number of carbonyl (C=O) groups excluding carboxylic acids is 1. The molecular formula is C15H15FN2O2. The number of nitrogen functional groups attached to an aromatic ring is 1. The van der Waals surface area contributed by atoms with E-state index in [0.717, 1.165) is 17.4 Å². The van der Waals surface area contributed by atoms with Crippen molar-refractivity contribution in [3.05, 3.63) is 59.4 Å². The average molecular weight is 274 g/mol. The first-order valence-corrected chi connectivity index (χ1v) is 6.06. The van der Waals surface area contributed by atoms with Crippen LogP contribution < -0.4 is 15.8 Å². The molecule has 0 saturated heterocycles. The Kier molecular flexibility index (Phi) is 4.20. The van der Waals surface area contributed by atoms with Gasteiger partial charge in [-0.05, 0) is 35.9 Å². The Morgan fingerprint density at radius 3 is 2.80 bits per heavy atom. The lowest BCUT2D eigenvalue weighted by Crippen LogP contribution is -2.23. The highest BCUT2D eigenvalue weighted by atomic mass is 19.1. The van der Waals surface area contributed by atoms with Crippen LogP contribution in [0.4, 0.5) is 10.1 Å². The first-order valence-electron chi connectivity index (χ1n) is 6.06. The minimum atomic E-state index is -0.466. The maximum Gasteiger partial charge on any atom is 0.253 e. The fraction of sp³-hybridized carbons (Fsp3) is 0.133. The monoisotopic (exact) mass is 274 g/mol. The third-order valence-corrected chi connectivity index (χ3v) is 2.85. The predicted octanol–water partition coefficient (Wildman–Crippen LogP) is 2.35. The van der Waals surface area contributed by atoms with Crippen LogP contribution in [0.5, 0.6) is 5.75 Å². The van der Waals surface area contributed by atoms with E-state index in [9.17, 15) is 9.18 Å². The quantitative estimate of drug-likeness (QED) is 0.841. The molecule has 0 heterocycles. The van der Waals surface area contributed by atoms with Gasteiger partial charge in [0.2, 0.25) is 0 Å². The van der Waals surface area contributed by atoms with Crippen molar-refractivity contribution in [1.29, 1.82) is 0 Å². The molecular weight excluding hydrogens is 259 g/mol. The van der Waals surface area contributed by atoms with Crippen molar-refractivity contribution in [2.45, 2.75) is 6.54 Å². The standard InChI is InChI=1S/C15H15FN2O2/c1-20-12-4-2-3-10(7-12)9-18-15(19)13-6-5-11(16)8-14(13)17/h2-8H,9,17H2,1H3,(H,18,19). The number of hydrogen-bond acceptors (Lipinski definition) is 3. The van der Waals surface area contributed by atoms with Gasteiger partial charge in [0.25, 0.3) is 5.91 Å². The van der Waals surface area contributed by atoms with Crippen LogP contribution in [0.25, 0.3) is 0 Å². The molecule has 20 heavy (non-hydrogen) atoms. The number of nitrogens with two attached hydrogens (primary N) is 1. The highest BCUT2D eigenvalue weighted by Crippen LogP contribution is 2.15. The van der Waals surface area contributed by atoms with Gasteiger partial charge in [-0.3, -0.25) is 4.79 Å². The third kappa shape index (κ3) is 3.26. The van der Waals surface area contributed by atoms with Crippen LogP contribution in [0.1, 0.15) is 15.9 Å². The number of methoxy groups -OCH3 is 1. The van der Waals surface area contributed by atoms with Crippen LogP contribution in [-0.4, -0.2) is 13.0 Å². The van der Waals surface area contributed by atoms with E-state index in [1.54, 1.807) is 7.11 Å². The van der Waals surface area contributed by atoms with Gasteiger partial charge in [0.15, 0.2) is 0 Å². The lowest BCUT2D eigenvalue weighted by Gasteiger charge is -2.08. The molecule has 2 aromatic rings. The Labute approximate surface area is 116 Å². The lowest BCUT2D eigenvalue weighted by atomic mass is 10.1. The summed E-state index contributed by atoms with van der Waals surface area (Å²) in [7, 11) is 1.58. The number of amides is 1. The summed E-state index contributed by atoms with van der Waals surface area (Å²) >= 11 is 0. The molecule has 0 fully saturated rings. The Morgan fingerprint density at radius 1 is 1.30 bits per heavy atom. The van der Waals surface area contributed by atoms with Crippen LogP contribution in [0.3, 0.4) is 0 Å². The average Bonchev–Trinajstić information content (AvgIpc) is 2.45. The molecule has 0 atom stereocenters. The van der Waals surface area contributed by atoms with E-state index in [0.29, 0.717) is 6.54 Å². The van der Waals surface area contributed by atoms with E-state index < -0.39 is 5.82 Å². The van der Waals surface area contributed by atoms with Gasteiger partial charge in [0.1, 0.15) is 11.6 Å². The summed E-state index contributed by atoms with van der Waals surface area (Å²) in [6.45, 7) is 0.340. The zero-order valence-corrected chi connectivity index (χ0v) is 11.0. The Morgan fingerprint density at radius 2 is 2.10 bits per heavy atom. The van der Waals surface area contributed by atoms with E-state index >= 15 is 0 Å². The molecule has 4 nitrogen and oxygen atoms in total. The molecule has 0 saturated carbocycles. The molecule has 0 aliphatic rings. The number of nitrogens with one attached hydrogen (secondary N) is 1. The summed E-state index contributed by atoms with van der Waals surface area (Å²) in [5.41, 5.74) is 6.89. The van der Waals surface area contributed by atoms with Gasteiger partial charge in [-0.2, -0.15) is 0 Å². The van der Waals surface area contributed by atoms with Crippen molar-refractivity contribution < 1.29 is 13.9 Å². The zero-order valence-electron chi connectivity index (χ0n) is 11.0. The van der Waals surface area contributed by atoms with Crippen molar-refractivity contribution in [2.75, 3.05) is 12.8 Å². The Hall–Kier alpha value is -2.56. The van der Waals surface area contributed by atoms with E-state index in [1.807, 2.05) is 24.3 Å². The topological polar surface area (TPSA) is 64.3 Å². The summed E-state index contributed by atoms with van der Waals surface area (Å²) in [4.78, 5) is 12.0. The fourth-order valence-electron chi connectivity index (χ4n) is 1.80. The zero-order chi connectivity index (χ0) is 14.5. The molecule has 0 aromatic heterocycles. The molecule has 0 radical (unpaired) electrons. The van der Waals surface area contributed by atoms with Gasteiger partial charge in [-0.25, -0.2) is 4.39 Å². The number of ether oxygens (including phenoxy) is 1. The van der Waals surface area contributed by atoms with E-state index in [1.165, 1.54) is 12.1 Å². The maximum absolute atomic E-state index is 12.9. The van der Waals surface area contributed by atoms with E-state index in [2.05, 4.69) is 5.32 Å². The molecule has 1 amide bonds. The second-order valence-electron chi connectivity index (χ2n) is 4.27. The molecule has 2 rings (SSSR count). The molecule has 0 aliphatic heterocycles. The number of anilines is 1. The fourth-order valence-corrected chi connectivity index (χ4v) is 1.80. The van der Waals surface area contributed by atoms with Crippen molar-refractivity contribution in [1.82, 2.24) is 5.32 Å². The van der Waals surface area contributed by atoms with Crippen LogP contribution in [0.2, 0.25) is 0 Å². The van der Waals surface area contributed by atoms with Crippen molar-refractivity contribution in [2.24, 2.45) is 0 Å². The maximum atomic E-state index is 12.9. The van der Waals surface area contributed by atoms with Crippen molar-refractivity contribution >= 4 is 11.6 Å². The van der Waals surface area contributed by atoms with Crippen LogP contribution in [-0.2, 0) is 6.54 Å².